The summed E-state index contributed by atoms with van der Waals surface area (Å²) < 4.78 is 1.78. The molecule has 0 N–H and O–H groups in total. The maximum atomic E-state index is 12.1. The average Bonchev–Trinajstić information content (AvgIpc) is 2.73. The third kappa shape index (κ3) is 3.08. The largest absolute Gasteiger partial charge is 0.340 e. The fraction of sp³-hybridized carbons (Fsp3) is 0.692. The molecule has 1 saturated heterocycles. The molecule has 1 aromatic heterocycles. The number of carbonyl (C=O) groups excluding carboxylic acids is 1. The van der Waals surface area contributed by atoms with Gasteiger partial charge in [-0.25, -0.2) is 0 Å². The van der Waals surface area contributed by atoms with Gasteiger partial charge < -0.3 is 4.90 Å². The molecule has 0 aliphatic carbocycles. The lowest BCUT2D eigenvalue weighted by Crippen LogP contribution is -2.42. The minimum Gasteiger partial charge on any atom is -0.340 e. The van der Waals surface area contributed by atoms with Crippen LogP contribution >= 0.6 is 0 Å². The zero-order chi connectivity index (χ0) is 12.3. The molecule has 4 nitrogen and oxygen atoms in total. The van der Waals surface area contributed by atoms with E-state index < -0.39 is 0 Å². The van der Waals surface area contributed by atoms with Crippen LogP contribution in [-0.4, -0.2) is 33.2 Å². The third-order valence-corrected chi connectivity index (χ3v) is 3.51. The number of piperidine rings is 1. The molecule has 2 rings (SSSR count). The molecule has 0 saturated carbocycles. The van der Waals surface area contributed by atoms with Crippen molar-refractivity contribution in [1.82, 2.24) is 14.7 Å². The maximum absolute atomic E-state index is 12.1. The first kappa shape index (κ1) is 12.1. The van der Waals surface area contributed by atoms with Gasteiger partial charge >= 0.3 is 0 Å². The van der Waals surface area contributed by atoms with E-state index in [4.69, 9.17) is 0 Å². The number of carbonyl (C=O) groups is 1. The summed E-state index contributed by atoms with van der Waals surface area (Å²) in [7, 11) is 1.90. The number of aromatic nitrogens is 2. The van der Waals surface area contributed by atoms with E-state index in [1.807, 2.05) is 24.3 Å². The summed E-state index contributed by atoms with van der Waals surface area (Å²) in [4.78, 5) is 14.1. The van der Waals surface area contributed by atoms with Crippen LogP contribution in [-0.2, 0) is 18.3 Å². The second-order valence-corrected chi connectivity index (χ2v) is 4.95. The highest BCUT2D eigenvalue weighted by atomic mass is 16.2. The van der Waals surface area contributed by atoms with Crippen LogP contribution < -0.4 is 0 Å². The lowest BCUT2D eigenvalue weighted by molar-refractivity contribution is -0.134. The van der Waals surface area contributed by atoms with Crippen molar-refractivity contribution in [2.75, 3.05) is 6.54 Å². The summed E-state index contributed by atoms with van der Waals surface area (Å²) in [5.74, 6) is 0.293. The van der Waals surface area contributed by atoms with Crippen LogP contribution in [0.2, 0.25) is 0 Å². The van der Waals surface area contributed by atoms with Gasteiger partial charge in [0.15, 0.2) is 0 Å². The normalized spacial score (nSPS) is 20.6. The highest BCUT2D eigenvalue weighted by Crippen LogP contribution is 2.17. The van der Waals surface area contributed by atoms with Crippen molar-refractivity contribution in [3.8, 4) is 0 Å². The minimum absolute atomic E-state index is 0.293. The highest BCUT2D eigenvalue weighted by Gasteiger charge is 2.22. The molecule has 0 spiro atoms. The Bertz CT molecular complexity index is 386. The van der Waals surface area contributed by atoms with Crippen molar-refractivity contribution in [2.45, 2.75) is 45.1 Å². The molecule has 1 atom stereocenters. The molecule has 0 aromatic carbocycles. The van der Waals surface area contributed by atoms with Gasteiger partial charge in [-0.15, -0.1) is 0 Å². The molecule has 0 bridgehead atoms. The quantitative estimate of drug-likeness (QED) is 0.800. The van der Waals surface area contributed by atoms with E-state index in [1.165, 1.54) is 6.42 Å². The predicted octanol–water partition coefficient (Wildman–Crippen LogP) is 1.75. The zero-order valence-electron chi connectivity index (χ0n) is 10.7. The number of nitrogens with zero attached hydrogens (tertiary/aromatic N) is 3. The second kappa shape index (κ2) is 5.34. The number of hydrogen-bond acceptors (Lipinski definition) is 2. The van der Waals surface area contributed by atoms with Gasteiger partial charge in [0.2, 0.25) is 5.91 Å². The van der Waals surface area contributed by atoms with Crippen LogP contribution in [0.5, 0.6) is 0 Å². The van der Waals surface area contributed by atoms with Gasteiger partial charge in [-0.3, -0.25) is 9.48 Å². The molecule has 1 amide bonds. The molecule has 4 heteroatoms. The van der Waals surface area contributed by atoms with Gasteiger partial charge in [0, 0.05) is 32.3 Å². The first-order valence-electron chi connectivity index (χ1n) is 6.44. The van der Waals surface area contributed by atoms with E-state index in [0.717, 1.165) is 31.4 Å². The molecule has 1 fully saturated rings. The summed E-state index contributed by atoms with van der Waals surface area (Å²) in [6.07, 6.45) is 8.79. The number of amides is 1. The minimum atomic E-state index is 0.293. The Kier molecular flexibility index (Phi) is 3.82. The van der Waals surface area contributed by atoms with Crippen LogP contribution in [0, 0.1) is 0 Å². The summed E-state index contributed by atoms with van der Waals surface area (Å²) >= 11 is 0. The molecule has 94 valence electrons. The van der Waals surface area contributed by atoms with Gasteiger partial charge in [-0.2, -0.15) is 5.10 Å². The number of aryl methyl sites for hydroxylation is 2. The summed E-state index contributed by atoms with van der Waals surface area (Å²) in [5, 5.41) is 4.11. The lowest BCUT2D eigenvalue weighted by Gasteiger charge is -2.33. The van der Waals surface area contributed by atoms with Gasteiger partial charge in [-0.05, 0) is 38.2 Å². The molecule has 1 aliphatic rings. The van der Waals surface area contributed by atoms with Gasteiger partial charge in [0.1, 0.15) is 0 Å². The molecule has 17 heavy (non-hydrogen) atoms. The van der Waals surface area contributed by atoms with E-state index >= 15 is 0 Å². The third-order valence-electron chi connectivity index (χ3n) is 3.51. The second-order valence-electron chi connectivity index (χ2n) is 4.95. The van der Waals surface area contributed by atoms with E-state index in [9.17, 15) is 4.79 Å². The molecule has 0 radical (unpaired) electrons. The predicted molar refractivity (Wildman–Crippen MR) is 66.6 cm³/mol. The molecule has 2 heterocycles. The molecular weight excluding hydrogens is 214 g/mol. The summed E-state index contributed by atoms with van der Waals surface area (Å²) in [6.45, 7) is 3.09. The Morgan fingerprint density at radius 1 is 1.53 bits per heavy atom. The van der Waals surface area contributed by atoms with Crippen molar-refractivity contribution in [3.63, 3.8) is 0 Å². The van der Waals surface area contributed by atoms with Crippen molar-refractivity contribution >= 4 is 5.91 Å². The SMILES string of the molecule is CC1CCCCN1C(=O)CCc1cnn(C)c1. The highest BCUT2D eigenvalue weighted by molar-refractivity contribution is 5.76. The van der Waals surface area contributed by atoms with Crippen molar-refractivity contribution < 1.29 is 4.79 Å². The molecular formula is C13H21N3O. The Labute approximate surface area is 103 Å². The smallest absolute Gasteiger partial charge is 0.223 e. The topological polar surface area (TPSA) is 38.1 Å². The first-order chi connectivity index (χ1) is 8.16. The van der Waals surface area contributed by atoms with Crippen LogP contribution in [0.3, 0.4) is 0 Å². The monoisotopic (exact) mass is 235 g/mol. The standard InChI is InChI=1S/C13H21N3O/c1-11-5-3-4-8-16(11)13(17)7-6-12-9-14-15(2)10-12/h9-11H,3-8H2,1-2H3. The average molecular weight is 235 g/mol. The number of hydrogen-bond donors (Lipinski definition) is 0. The van der Waals surface area contributed by atoms with Crippen molar-refractivity contribution in [3.05, 3.63) is 18.0 Å². The molecule has 1 unspecified atom stereocenters. The van der Waals surface area contributed by atoms with E-state index in [-0.39, 0.29) is 0 Å². The Hall–Kier alpha value is -1.32. The van der Waals surface area contributed by atoms with Gasteiger partial charge in [0.25, 0.3) is 0 Å². The number of likely N-dealkylation sites (tertiary alicyclic amines) is 1. The van der Waals surface area contributed by atoms with Crippen LogP contribution in [0.15, 0.2) is 12.4 Å². The van der Waals surface area contributed by atoms with Crippen molar-refractivity contribution in [1.29, 1.82) is 0 Å². The number of rotatable bonds is 3. The van der Waals surface area contributed by atoms with Crippen LogP contribution in [0.4, 0.5) is 0 Å². The van der Waals surface area contributed by atoms with Crippen LogP contribution in [0.1, 0.15) is 38.2 Å². The van der Waals surface area contributed by atoms with Gasteiger partial charge in [-0.1, -0.05) is 0 Å². The fourth-order valence-electron chi connectivity index (χ4n) is 2.46. The zero-order valence-corrected chi connectivity index (χ0v) is 10.7. The molecule has 1 aliphatic heterocycles. The Balaban J connectivity index is 1.84. The lowest BCUT2D eigenvalue weighted by atomic mass is 10.0. The molecule has 1 aromatic rings. The van der Waals surface area contributed by atoms with E-state index in [1.54, 1.807) is 4.68 Å². The summed E-state index contributed by atoms with van der Waals surface area (Å²) in [6, 6.07) is 0.421. The van der Waals surface area contributed by atoms with Crippen molar-refractivity contribution in [2.24, 2.45) is 7.05 Å². The fourth-order valence-corrected chi connectivity index (χ4v) is 2.46. The summed E-state index contributed by atoms with van der Waals surface area (Å²) in [5.41, 5.74) is 1.14. The Morgan fingerprint density at radius 2 is 2.35 bits per heavy atom. The van der Waals surface area contributed by atoms with Crippen LogP contribution in [0.25, 0.3) is 0 Å². The van der Waals surface area contributed by atoms with E-state index in [2.05, 4.69) is 12.0 Å². The van der Waals surface area contributed by atoms with Gasteiger partial charge in [0.05, 0.1) is 6.20 Å². The Morgan fingerprint density at radius 3 is 3.00 bits per heavy atom. The van der Waals surface area contributed by atoms with E-state index in [0.29, 0.717) is 18.4 Å². The first-order valence-corrected chi connectivity index (χ1v) is 6.44. The maximum Gasteiger partial charge on any atom is 0.223 e.